The van der Waals surface area contributed by atoms with Gasteiger partial charge in [0.05, 0.1) is 0 Å². The van der Waals surface area contributed by atoms with E-state index in [0.29, 0.717) is 19.6 Å². The Labute approximate surface area is 171 Å². The molecule has 2 atom stereocenters. The van der Waals surface area contributed by atoms with Crippen molar-refractivity contribution in [2.75, 3.05) is 13.2 Å². The van der Waals surface area contributed by atoms with Crippen LogP contribution in [0.25, 0.3) is 0 Å². The van der Waals surface area contributed by atoms with Gasteiger partial charge in [0.1, 0.15) is 0 Å². The van der Waals surface area contributed by atoms with Gasteiger partial charge in [-0.15, -0.1) is 0 Å². The van der Waals surface area contributed by atoms with Gasteiger partial charge in [0.2, 0.25) is 0 Å². The topological polar surface area (TPSA) is 52.6 Å². The van der Waals surface area contributed by atoms with Crippen molar-refractivity contribution in [3.63, 3.8) is 0 Å². The molecule has 27 heavy (non-hydrogen) atoms. The molecule has 1 rings (SSSR count). The van der Waals surface area contributed by atoms with Crippen molar-refractivity contribution in [1.82, 2.24) is 0 Å². The zero-order chi connectivity index (χ0) is 20.3. The minimum absolute atomic E-state index is 0.131. The van der Waals surface area contributed by atoms with Crippen LogP contribution in [0, 0.1) is 11.3 Å². The van der Waals surface area contributed by atoms with E-state index in [1.165, 1.54) is 51.8 Å². The van der Waals surface area contributed by atoms with Gasteiger partial charge in [0, 0.05) is 0 Å². The van der Waals surface area contributed by atoms with Crippen LogP contribution in [0.2, 0.25) is 17.7 Å². The first-order chi connectivity index (χ1) is 12.9. The Morgan fingerprint density at radius 1 is 0.852 bits per heavy atom. The fourth-order valence-electron chi connectivity index (χ4n) is 4.59. The van der Waals surface area contributed by atoms with Crippen LogP contribution in [0.15, 0.2) is 0 Å². The normalized spacial score (nSPS) is 21.7. The SMILES string of the molecule is CCC[CH2][Sn]([CH2]CCC)([CH2]CCC)[CH2][C@@]1(C(=O)OCC)C[C@@H]1C(=O)OCC. The first-order valence-corrected chi connectivity index (χ1v) is 19.4. The number of carbonyl (C=O) groups is 2. The molecular weight excluding hydrogens is 447 g/mol. The van der Waals surface area contributed by atoms with E-state index >= 15 is 0 Å². The van der Waals surface area contributed by atoms with E-state index in [1.807, 2.05) is 13.8 Å². The third kappa shape index (κ3) is 6.93. The quantitative estimate of drug-likeness (QED) is 0.210. The molecule has 0 saturated heterocycles. The van der Waals surface area contributed by atoms with E-state index < -0.39 is 23.8 Å². The van der Waals surface area contributed by atoms with E-state index in [0.717, 1.165) is 4.44 Å². The molecule has 5 heteroatoms. The molecule has 0 bridgehead atoms. The molecular formula is C22H42O4Sn. The fourth-order valence-corrected chi connectivity index (χ4v) is 23.0. The van der Waals surface area contributed by atoms with Crippen molar-refractivity contribution < 1.29 is 19.1 Å². The van der Waals surface area contributed by atoms with Gasteiger partial charge < -0.3 is 0 Å². The molecule has 0 aromatic carbocycles. The first kappa shape index (κ1) is 24.8. The summed E-state index contributed by atoms with van der Waals surface area (Å²) in [4.78, 5) is 25.4. The maximum absolute atomic E-state index is 12.9. The van der Waals surface area contributed by atoms with Crippen LogP contribution >= 0.6 is 0 Å². The number of unbranched alkanes of at least 4 members (excludes halogenated alkanes) is 3. The summed E-state index contributed by atoms with van der Waals surface area (Å²) in [5, 5.41) is 0. The third-order valence-corrected chi connectivity index (χ3v) is 22.3. The van der Waals surface area contributed by atoms with Crippen LogP contribution < -0.4 is 0 Å². The van der Waals surface area contributed by atoms with Crippen molar-refractivity contribution in [2.45, 2.75) is 97.3 Å². The number of hydrogen-bond acceptors (Lipinski definition) is 4. The number of rotatable bonds is 15. The zero-order valence-corrected chi connectivity index (χ0v) is 21.3. The molecule has 0 aliphatic heterocycles. The summed E-state index contributed by atoms with van der Waals surface area (Å²) in [7, 11) is 0. The Kier molecular flexibility index (Phi) is 11.3. The third-order valence-electron chi connectivity index (χ3n) is 6.20. The van der Waals surface area contributed by atoms with Crippen molar-refractivity contribution in [3.05, 3.63) is 0 Å². The van der Waals surface area contributed by atoms with Gasteiger partial charge in [-0.25, -0.2) is 0 Å². The van der Waals surface area contributed by atoms with Gasteiger partial charge in [0.25, 0.3) is 0 Å². The Hall–Kier alpha value is -0.261. The molecule has 1 saturated carbocycles. The van der Waals surface area contributed by atoms with Crippen molar-refractivity contribution in [3.8, 4) is 0 Å². The second-order valence-corrected chi connectivity index (χ2v) is 22.2. The van der Waals surface area contributed by atoms with Crippen LogP contribution in [-0.2, 0) is 19.1 Å². The molecule has 0 unspecified atom stereocenters. The van der Waals surface area contributed by atoms with Gasteiger partial charge >= 0.3 is 171 Å². The van der Waals surface area contributed by atoms with E-state index in [1.54, 1.807) is 0 Å². The zero-order valence-electron chi connectivity index (χ0n) is 18.4. The summed E-state index contributed by atoms with van der Waals surface area (Å²) in [6, 6.07) is 0. The Balaban J connectivity index is 3.11. The average Bonchev–Trinajstić information content (AvgIpc) is 3.38. The molecule has 0 heterocycles. The Morgan fingerprint density at radius 3 is 1.74 bits per heavy atom. The van der Waals surface area contributed by atoms with Crippen LogP contribution in [0.5, 0.6) is 0 Å². The predicted octanol–water partition coefficient (Wildman–Crippen LogP) is 5.97. The molecule has 1 aliphatic rings. The molecule has 0 aromatic heterocycles. The summed E-state index contributed by atoms with van der Waals surface area (Å²) in [6.07, 6.45) is 8.10. The Bertz CT molecular complexity index is 443. The van der Waals surface area contributed by atoms with E-state index in [9.17, 15) is 9.59 Å². The molecule has 1 fully saturated rings. The summed E-state index contributed by atoms with van der Waals surface area (Å²) >= 11 is -2.55. The van der Waals surface area contributed by atoms with E-state index in [4.69, 9.17) is 9.47 Å². The standard InChI is InChI=1S/C10H15O4.3C4H9.Sn/c1-4-13-8(11)7-6-10(7,3)9(12)14-5-2;3*1-3-4-2;/h7H,3-6H2,1-2H3;3*1,3-4H2,2H3;/t7-,10-;;;;/m1..../s1. The molecule has 0 N–H and O–H groups in total. The van der Waals surface area contributed by atoms with Crippen LogP contribution in [-0.4, -0.2) is 43.5 Å². The second-order valence-electron chi connectivity index (χ2n) is 8.37. The van der Waals surface area contributed by atoms with Gasteiger partial charge in [0.15, 0.2) is 0 Å². The minimum atomic E-state index is -2.55. The van der Waals surface area contributed by atoms with E-state index in [2.05, 4.69) is 20.8 Å². The summed E-state index contributed by atoms with van der Waals surface area (Å²) in [5.74, 6) is -0.585. The van der Waals surface area contributed by atoms with Gasteiger partial charge in [-0.05, 0) is 0 Å². The van der Waals surface area contributed by atoms with Crippen LogP contribution in [0.1, 0.15) is 79.6 Å². The molecule has 1 aliphatic carbocycles. The van der Waals surface area contributed by atoms with Gasteiger partial charge in [-0.2, -0.15) is 0 Å². The number of hydrogen-bond donors (Lipinski definition) is 0. The molecule has 158 valence electrons. The van der Waals surface area contributed by atoms with Crippen LogP contribution in [0.4, 0.5) is 0 Å². The maximum atomic E-state index is 12.9. The van der Waals surface area contributed by atoms with Gasteiger partial charge in [-0.1, -0.05) is 0 Å². The van der Waals surface area contributed by atoms with E-state index in [-0.39, 0.29) is 17.9 Å². The summed E-state index contributed by atoms with van der Waals surface area (Å²) < 4.78 is 15.8. The van der Waals surface area contributed by atoms with Gasteiger partial charge in [-0.3, -0.25) is 0 Å². The molecule has 4 nitrogen and oxygen atoms in total. The Morgan fingerprint density at radius 2 is 1.33 bits per heavy atom. The van der Waals surface area contributed by atoms with Crippen molar-refractivity contribution >= 4 is 30.3 Å². The number of ether oxygens (including phenoxy) is 2. The van der Waals surface area contributed by atoms with Crippen molar-refractivity contribution in [2.24, 2.45) is 11.3 Å². The molecule has 0 aromatic rings. The first-order valence-electron chi connectivity index (χ1n) is 11.3. The predicted molar refractivity (Wildman–Crippen MR) is 114 cm³/mol. The monoisotopic (exact) mass is 490 g/mol. The molecule has 0 spiro atoms. The number of esters is 2. The van der Waals surface area contributed by atoms with Crippen molar-refractivity contribution in [1.29, 1.82) is 0 Å². The molecule has 0 amide bonds. The molecule has 0 radical (unpaired) electrons. The summed E-state index contributed by atoms with van der Waals surface area (Å²) in [5.41, 5.74) is -0.562. The average molecular weight is 489 g/mol. The second kappa shape index (κ2) is 12.3. The summed E-state index contributed by atoms with van der Waals surface area (Å²) in [6.45, 7) is 11.2. The number of carbonyl (C=O) groups excluding carboxylic acids is 2. The van der Waals surface area contributed by atoms with Crippen LogP contribution in [0.3, 0.4) is 0 Å². The fraction of sp³-hybridized carbons (Fsp3) is 0.909.